The van der Waals surface area contributed by atoms with Crippen molar-refractivity contribution in [1.82, 2.24) is 0 Å². The number of hydrogen-bond acceptors (Lipinski definition) is 1. The monoisotopic (exact) mass is 257 g/mol. The zero-order valence-corrected chi connectivity index (χ0v) is 11.5. The van der Waals surface area contributed by atoms with Crippen LogP contribution in [-0.4, -0.2) is 11.2 Å². The van der Waals surface area contributed by atoms with Gasteiger partial charge >= 0.3 is 6.09 Å². The third-order valence-electron chi connectivity index (χ3n) is 2.79. The maximum absolute atomic E-state index is 10.3. The minimum absolute atomic E-state index is 0.655. The molecule has 2 aromatic rings. The molecule has 2 N–H and O–H groups in total. The summed E-state index contributed by atoms with van der Waals surface area (Å²) in [6, 6.07) is 15.8. The van der Waals surface area contributed by atoms with Crippen LogP contribution < -0.4 is 5.32 Å². The molecule has 1 amide bonds. The Balaban J connectivity index is 0.000000218. The van der Waals surface area contributed by atoms with E-state index in [1.54, 1.807) is 6.07 Å². The Morgan fingerprint density at radius 1 is 0.947 bits per heavy atom. The van der Waals surface area contributed by atoms with Gasteiger partial charge in [0.05, 0.1) is 0 Å². The van der Waals surface area contributed by atoms with Crippen molar-refractivity contribution in [1.29, 1.82) is 0 Å². The predicted molar refractivity (Wildman–Crippen MR) is 78.7 cm³/mol. The highest BCUT2D eigenvalue weighted by Gasteiger charge is 2.02. The molecule has 0 fully saturated rings. The fourth-order valence-corrected chi connectivity index (χ4v) is 1.54. The summed E-state index contributed by atoms with van der Waals surface area (Å²) in [5.74, 6) is 0. The van der Waals surface area contributed by atoms with Crippen LogP contribution in [0.25, 0.3) is 0 Å². The van der Waals surface area contributed by atoms with E-state index in [4.69, 9.17) is 5.11 Å². The molecule has 0 unspecified atom stereocenters. The molecule has 100 valence electrons. The average Bonchev–Trinajstić information content (AvgIpc) is 2.36. The topological polar surface area (TPSA) is 49.3 Å². The second-order valence-electron chi connectivity index (χ2n) is 4.33. The normalized spacial score (nSPS) is 9.21. The summed E-state index contributed by atoms with van der Waals surface area (Å²) in [5, 5.41) is 10.8. The van der Waals surface area contributed by atoms with Gasteiger partial charge in [-0.05, 0) is 38.0 Å². The number of nitrogens with one attached hydrogen (secondary N) is 1. The number of rotatable bonds is 1. The van der Waals surface area contributed by atoms with Gasteiger partial charge in [0.15, 0.2) is 0 Å². The number of amides is 1. The molecule has 0 bridgehead atoms. The first-order chi connectivity index (χ1) is 9.00. The Morgan fingerprint density at radius 3 is 2.05 bits per heavy atom. The maximum Gasteiger partial charge on any atom is 0.409 e. The van der Waals surface area contributed by atoms with E-state index in [0.29, 0.717) is 5.69 Å². The van der Waals surface area contributed by atoms with Crippen LogP contribution in [0.2, 0.25) is 0 Å². The van der Waals surface area contributed by atoms with E-state index in [-0.39, 0.29) is 0 Å². The molecule has 0 aliphatic heterocycles. The second-order valence-corrected chi connectivity index (χ2v) is 4.33. The average molecular weight is 257 g/mol. The summed E-state index contributed by atoms with van der Waals surface area (Å²) in [6.45, 7) is 5.92. The lowest BCUT2D eigenvalue weighted by Gasteiger charge is -2.06. The van der Waals surface area contributed by atoms with Crippen molar-refractivity contribution in [2.75, 3.05) is 5.32 Å². The molecule has 3 heteroatoms. The Labute approximate surface area is 113 Å². The highest BCUT2D eigenvalue weighted by Crippen LogP contribution is 2.17. The number of aryl methyl sites for hydroxylation is 2. The molecule has 0 aliphatic carbocycles. The lowest BCUT2D eigenvalue weighted by atomic mass is 10.1. The Bertz CT molecular complexity index is 536. The predicted octanol–water partition coefficient (Wildman–Crippen LogP) is 4.39. The third-order valence-corrected chi connectivity index (χ3v) is 2.79. The van der Waals surface area contributed by atoms with E-state index in [9.17, 15) is 4.79 Å². The summed E-state index contributed by atoms with van der Waals surface area (Å²) in [4.78, 5) is 10.3. The van der Waals surface area contributed by atoms with E-state index >= 15 is 0 Å². The number of carboxylic acid groups (broad SMARTS) is 1. The van der Waals surface area contributed by atoms with E-state index in [2.05, 4.69) is 24.4 Å². The van der Waals surface area contributed by atoms with Crippen LogP contribution in [0.1, 0.15) is 16.7 Å². The lowest BCUT2D eigenvalue weighted by Crippen LogP contribution is -2.08. The first kappa shape index (κ1) is 14.8. The molecule has 0 atom stereocenters. The summed E-state index contributed by atoms with van der Waals surface area (Å²) in [6.07, 6.45) is -1.02. The molecule has 0 spiro atoms. The zero-order chi connectivity index (χ0) is 14.3. The minimum Gasteiger partial charge on any atom is -0.465 e. The zero-order valence-electron chi connectivity index (χ0n) is 11.5. The number of benzene rings is 2. The maximum atomic E-state index is 10.3. The van der Waals surface area contributed by atoms with Gasteiger partial charge in [-0.2, -0.15) is 0 Å². The van der Waals surface area contributed by atoms with Crippen molar-refractivity contribution < 1.29 is 9.90 Å². The molecule has 0 saturated heterocycles. The number of hydrogen-bond donors (Lipinski definition) is 2. The molecule has 0 saturated carbocycles. The third kappa shape index (κ3) is 5.25. The summed E-state index contributed by atoms with van der Waals surface area (Å²) in [5.41, 5.74) is 4.03. The van der Waals surface area contributed by atoms with Crippen LogP contribution in [0.3, 0.4) is 0 Å². The standard InChI is InChI=1S/C9H11NO2.C7H8/c1-6-4-3-5-8(7(6)2)10-9(11)12;1-7-5-3-2-4-6-7/h3-5,10H,1-2H3,(H,11,12);2-6H,1H3. The molecular formula is C16H19NO2. The van der Waals surface area contributed by atoms with Gasteiger partial charge < -0.3 is 5.11 Å². The SMILES string of the molecule is Cc1cccc(NC(=O)O)c1C.Cc1ccccc1. The van der Waals surface area contributed by atoms with Gasteiger partial charge in [-0.3, -0.25) is 5.32 Å². The van der Waals surface area contributed by atoms with Gasteiger partial charge in [-0.25, -0.2) is 4.79 Å². The highest BCUT2D eigenvalue weighted by atomic mass is 16.4. The van der Waals surface area contributed by atoms with Crippen molar-refractivity contribution in [2.45, 2.75) is 20.8 Å². The molecule has 0 aliphatic rings. The molecule has 19 heavy (non-hydrogen) atoms. The van der Waals surface area contributed by atoms with Crippen LogP contribution in [0.15, 0.2) is 48.5 Å². The van der Waals surface area contributed by atoms with Crippen molar-refractivity contribution in [3.05, 3.63) is 65.2 Å². The summed E-state index contributed by atoms with van der Waals surface area (Å²) in [7, 11) is 0. The lowest BCUT2D eigenvalue weighted by molar-refractivity contribution is 0.209. The molecule has 2 rings (SSSR count). The Kier molecular flexibility index (Phi) is 5.61. The van der Waals surface area contributed by atoms with Crippen LogP contribution in [0.4, 0.5) is 10.5 Å². The molecule has 0 heterocycles. The van der Waals surface area contributed by atoms with Crippen LogP contribution in [-0.2, 0) is 0 Å². The Hall–Kier alpha value is -2.29. The van der Waals surface area contributed by atoms with Gasteiger partial charge in [0.1, 0.15) is 0 Å². The smallest absolute Gasteiger partial charge is 0.409 e. The van der Waals surface area contributed by atoms with Crippen LogP contribution >= 0.6 is 0 Å². The van der Waals surface area contributed by atoms with Gasteiger partial charge in [0.2, 0.25) is 0 Å². The van der Waals surface area contributed by atoms with Gasteiger partial charge in [0.25, 0.3) is 0 Å². The van der Waals surface area contributed by atoms with E-state index in [1.165, 1.54) is 5.56 Å². The molecule has 2 aromatic carbocycles. The van der Waals surface area contributed by atoms with Crippen molar-refractivity contribution >= 4 is 11.8 Å². The van der Waals surface area contributed by atoms with E-state index in [1.807, 2.05) is 44.2 Å². The first-order valence-corrected chi connectivity index (χ1v) is 6.08. The summed E-state index contributed by atoms with van der Waals surface area (Å²) >= 11 is 0. The number of carbonyl (C=O) groups is 1. The fourth-order valence-electron chi connectivity index (χ4n) is 1.54. The fraction of sp³-hybridized carbons (Fsp3) is 0.188. The molecule has 3 nitrogen and oxygen atoms in total. The van der Waals surface area contributed by atoms with E-state index in [0.717, 1.165) is 11.1 Å². The molecular weight excluding hydrogens is 238 g/mol. The minimum atomic E-state index is -1.02. The Morgan fingerprint density at radius 2 is 1.58 bits per heavy atom. The van der Waals surface area contributed by atoms with E-state index < -0.39 is 6.09 Å². The van der Waals surface area contributed by atoms with Crippen molar-refractivity contribution in [3.63, 3.8) is 0 Å². The van der Waals surface area contributed by atoms with Crippen molar-refractivity contribution in [3.8, 4) is 0 Å². The molecule has 0 aromatic heterocycles. The highest BCUT2D eigenvalue weighted by molar-refractivity contribution is 5.84. The molecule has 0 radical (unpaired) electrons. The van der Waals surface area contributed by atoms with Gasteiger partial charge in [-0.15, -0.1) is 0 Å². The van der Waals surface area contributed by atoms with Gasteiger partial charge in [-0.1, -0.05) is 48.0 Å². The van der Waals surface area contributed by atoms with Crippen molar-refractivity contribution in [2.24, 2.45) is 0 Å². The quantitative estimate of drug-likeness (QED) is 0.796. The second kappa shape index (κ2) is 7.21. The largest absolute Gasteiger partial charge is 0.465 e. The first-order valence-electron chi connectivity index (χ1n) is 6.08. The van der Waals surface area contributed by atoms with Crippen LogP contribution in [0, 0.1) is 20.8 Å². The van der Waals surface area contributed by atoms with Gasteiger partial charge in [0, 0.05) is 5.69 Å². The van der Waals surface area contributed by atoms with Crippen LogP contribution in [0.5, 0.6) is 0 Å². The number of anilines is 1. The summed E-state index contributed by atoms with van der Waals surface area (Å²) < 4.78 is 0.